The first-order valence-corrected chi connectivity index (χ1v) is 15.6. The van der Waals surface area contributed by atoms with Gasteiger partial charge in [-0.05, 0) is 94.8 Å². The summed E-state index contributed by atoms with van der Waals surface area (Å²) < 4.78 is 5.66. The molecule has 2 aliphatic rings. The van der Waals surface area contributed by atoms with Crippen LogP contribution in [0.4, 0.5) is 4.79 Å². The van der Waals surface area contributed by atoms with Crippen LogP contribution in [0.5, 0.6) is 5.75 Å². The molecule has 43 heavy (non-hydrogen) atoms. The molecule has 0 unspecified atom stereocenters. The second kappa shape index (κ2) is 16.2. The number of benzene rings is 2. The van der Waals surface area contributed by atoms with Crippen molar-refractivity contribution < 1.29 is 19.4 Å². The van der Waals surface area contributed by atoms with Gasteiger partial charge >= 0.3 is 6.03 Å². The Hall–Kier alpha value is -3.69. The van der Waals surface area contributed by atoms with Crippen LogP contribution in [0.15, 0.2) is 61.1 Å². The predicted octanol–water partition coefficient (Wildman–Crippen LogP) is 5.63. The minimum absolute atomic E-state index is 0.0807. The highest BCUT2D eigenvalue weighted by atomic mass is 35.5. The van der Waals surface area contributed by atoms with Crippen molar-refractivity contribution in [3.05, 3.63) is 82.8 Å². The van der Waals surface area contributed by atoms with Crippen molar-refractivity contribution >= 4 is 29.3 Å². The highest BCUT2D eigenvalue weighted by molar-refractivity contribution is 6.31. The molecule has 0 aromatic heterocycles. The maximum atomic E-state index is 13.1. The van der Waals surface area contributed by atoms with Crippen molar-refractivity contribution in [2.45, 2.75) is 57.9 Å². The second-order valence-electron chi connectivity index (χ2n) is 11.4. The SMILES string of the molecule is CC(C)NC(=O)NCCCCCNC(=O)c1cc(Cl)ccc1C1CCN(CCN2C=COC(c3cccc(O)c3)=C2)CC1. The topological polar surface area (TPSA) is 106 Å². The summed E-state index contributed by atoms with van der Waals surface area (Å²) in [5.74, 6) is 1.13. The van der Waals surface area contributed by atoms with E-state index in [1.807, 2.05) is 44.4 Å². The van der Waals surface area contributed by atoms with E-state index in [0.29, 0.717) is 35.4 Å². The third-order valence-electron chi connectivity index (χ3n) is 7.67. The number of hydrogen-bond donors (Lipinski definition) is 4. The summed E-state index contributed by atoms with van der Waals surface area (Å²) in [6.07, 6.45) is 10.1. The van der Waals surface area contributed by atoms with Crippen LogP contribution in [0, 0.1) is 0 Å². The van der Waals surface area contributed by atoms with Gasteiger partial charge in [-0.15, -0.1) is 0 Å². The van der Waals surface area contributed by atoms with E-state index in [4.69, 9.17) is 16.3 Å². The molecule has 9 nitrogen and oxygen atoms in total. The highest BCUT2D eigenvalue weighted by Crippen LogP contribution is 2.32. The Morgan fingerprint density at radius 3 is 2.53 bits per heavy atom. The number of rotatable bonds is 13. The molecular formula is C33H44ClN5O4. The number of unbranched alkanes of at least 4 members (excludes halogenated alkanes) is 2. The van der Waals surface area contributed by atoms with Gasteiger partial charge in [0.25, 0.3) is 5.91 Å². The van der Waals surface area contributed by atoms with E-state index in [2.05, 4.69) is 25.8 Å². The maximum absolute atomic E-state index is 13.1. The molecule has 1 saturated heterocycles. The summed E-state index contributed by atoms with van der Waals surface area (Å²) in [5, 5.41) is 19.1. The van der Waals surface area contributed by atoms with Gasteiger partial charge in [0.2, 0.25) is 0 Å². The zero-order valence-electron chi connectivity index (χ0n) is 25.2. The summed E-state index contributed by atoms with van der Waals surface area (Å²) in [6, 6.07) is 12.7. The quantitative estimate of drug-likeness (QED) is 0.219. The number of ether oxygens (including phenoxy) is 1. The molecule has 2 aromatic rings. The third-order valence-corrected chi connectivity index (χ3v) is 7.90. The molecular weight excluding hydrogens is 566 g/mol. The zero-order chi connectivity index (χ0) is 30.6. The average molecular weight is 610 g/mol. The lowest BCUT2D eigenvalue weighted by Crippen LogP contribution is -2.39. The first-order chi connectivity index (χ1) is 20.8. The number of halogens is 1. The van der Waals surface area contributed by atoms with Crippen molar-refractivity contribution in [1.29, 1.82) is 0 Å². The van der Waals surface area contributed by atoms with E-state index < -0.39 is 0 Å². The van der Waals surface area contributed by atoms with Crippen LogP contribution in [0.1, 0.15) is 73.4 Å². The van der Waals surface area contributed by atoms with Gasteiger partial charge in [-0.25, -0.2) is 4.79 Å². The number of piperidine rings is 1. The van der Waals surface area contributed by atoms with Gasteiger partial charge < -0.3 is 35.6 Å². The van der Waals surface area contributed by atoms with Crippen LogP contribution >= 0.6 is 11.6 Å². The summed E-state index contributed by atoms with van der Waals surface area (Å²) in [5.41, 5.74) is 2.57. The standard InChI is InChI=1S/C33H44ClN5O4/c1-24(2)37-33(42)36-14-5-3-4-13-35-32(41)30-22-27(34)9-10-29(30)25-11-15-38(16-12-25)17-18-39-19-20-43-31(23-39)26-7-6-8-28(40)21-26/h6-10,19-25,40H,3-5,11-18H2,1-2H3,(H,35,41)(H2,36,37,42). The Balaban J connectivity index is 1.20. The maximum Gasteiger partial charge on any atom is 0.314 e. The summed E-state index contributed by atoms with van der Waals surface area (Å²) in [7, 11) is 0. The van der Waals surface area contributed by atoms with Crippen molar-refractivity contribution in [3.63, 3.8) is 0 Å². The number of amides is 3. The van der Waals surface area contributed by atoms with Crippen molar-refractivity contribution in [3.8, 4) is 5.75 Å². The number of aromatic hydroxyl groups is 1. The van der Waals surface area contributed by atoms with Gasteiger partial charge in [-0.1, -0.05) is 29.8 Å². The summed E-state index contributed by atoms with van der Waals surface area (Å²) in [6.45, 7) is 8.69. The lowest BCUT2D eigenvalue weighted by atomic mass is 9.86. The molecule has 0 spiro atoms. The smallest absolute Gasteiger partial charge is 0.314 e. The molecule has 0 bridgehead atoms. The second-order valence-corrected chi connectivity index (χ2v) is 11.8. The molecule has 1 fully saturated rings. The number of urea groups is 1. The van der Waals surface area contributed by atoms with Crippen LogP contribution in [-0.2, 0) is 4.74 Å². The number of nitrogens with zero attached hydrogens (tertiary/aromatic N) is 2. The molecule has 0 atom stereocenters. The number of hydrogen-bond acceptors (Lipinski definition) is 6. The van der Waals surface area contributed by atoms with Gasteiger partial charge in [0.1, 0.15) is 17.8 Å². The fourth-order valence-electron chi connectivity index (χ4n) is 5.39. The Morgan fingerprint density at radius 2 is 1.79 bits per heavy atom. The Bertz CT molecular complexity index is 1290. The lowest BCUT2D eigenvalue weighted by molar-refractivity contribution is 0.0950. The van der Waals surface area contributed by atoms with E-state index in [9.17, 15) is 14.7 Å². The third kappa shape index (κ3) is 10.2. The number of carbonyl (C=O) groups excluding carboxylic acids is 2. The number of nitrogens with one attached hydrogen (secondary N) is 3. The van der Waals surface area contributed by atoms with Crippen LogP contribution < -0.4 is 16.0 Å². The molecule has 2 aliphatic heterocycles. The van der Waals surface area contributed by atoms with E-state index in [0.717, 1.165) is 69.4 Å². The van der Waals surface area contributed by atoms with E-state index in [1.54, 1.807) is 30.5 Å². The Labute approximate surface area is 259 Å². The fourth-order valence-corrected chi connectivity index (χ4v) is 5.56. The van der Waals surface area contributed by atoms with Gasteiger partial charge in [-0.2, -0.15) is 0 Å². The van der Waals surface area contributed by atoms with Gasteiger partial charge in [0.15, 0.2) is 0 Å². The summed E-state index contributed by atoms with van der Waals surface area (Å²) >= 11 is 6.31. The molecule has 0 radical (unpaired) electrons. The summed E-state index contributed by atoms with van der Waals surface area (Å²) in [4.78, 5) is 29.4. The number of carbonyl (C=O) groups is 2. The molecule has 10 heteroatoms. The number of phenolic OH excluding ortho intramolecular Hbond substituents is 1. The van der Waals surface area contributed by atoms with Crippen LogP contribution in [0.2, 0.25) is 5.02 Å². The normalized spacial score (nSPS) is 15.6. The predicted molar refractivity (Wildman–Crippen MR) is 171 cm³/mol. The minimum atomic E-state index is -0.144. The molecule has 2 aromatic carbocycles. The number of likely N-dealkylation sites (tertiary alicyclic amines) is 1. The Kier molecular flexibility index (Phi) is 12.2. The van der Waals surface area contributed by atoms with Crippen LogP contribution in [-0.4, -0.2) is 72.2 Å². The lowest BCUT2D eigenvalue weighted by Gasteiger charge is -2.34. The fraction of sp³-hybridized carbons (Fsp3) is 0.455. The Morgan fingerprint density at radius 1 is 1.02 bits per heavy atom. The van der Waals surface area contributed by atoms with Crippen LogP contribution in [0.3, 0.4) is 0 Å². The molecule has 0 saturated carbocycles. The first-order valence-electron chi connectivity index (χ1n) is 15.2. The van der Waals surface area contributed by atoms with Crippen molar-refractivity contribution in [2.75, 3.05) is 39.3 Å². The van der Waals surface area contributed by atoms with Gasteiger partial charge in [-0.3, -0.25) is 4.79 Å². The molecule has 0 aliphatic carbocycles. The molecule has 2 heterocycles. The average Bonchev–Trinajstić information content (AvgIpc) is 2.99. The van der Waals surface area contributed by atoms with E-state index in [1.165, 1.54) is 0 Å². The first kappa shape index (κ1) is 32.2. The van der Waals surface area contributed by atoms with E-state index >= 15 is 0 Å². The van der Waals surface area contributed by atoms with Crippen molar-refractivity contribution in [2.24, 2.45) is 0 Å². The van der Waals surface area contributed by atoms with Crippen molar-refractivity contribution in [1.82, 2.24) is 25.8 Å². The molecule has 3 amide bonds. The highest BCUT2D eigenvalue weighted by Gasteiger charge is 2.25. The molecule has 4 rings (SSSR count). The zero-order valence-corrected chi connectivity index (χ0v) is 25.9. The molecule has 232 valence electrons. The minimum Gasteiger partial charge on any atom is -0.508 e. The largest absolute Gasteiger partial charge is 0.508 e. The van der Waals surface area contributed by atoms with E-state index in [-0.39, 0.29) is 23.7 Å². The number of phenols is 1. The van der Waals surface area contributed by atoms with Gasteiger partial charge in [0, 0.05) is 60.8 Å². The molecule has 4 N–H and O–H groups in total. The van der Waals surface area contributed by atoms with Crippen LogP contribution in [0.25, 0.3) is 5.76 Å². The monoisotopic (exact) mass is 609 g/mol. The van der Waals surface area contributed by atoms with Gasteiger partial charge in [0.05, 0.1) is 0 Å².